The molecule has 0 aliphatic heterocycles. The second-order valence-corrected chi connectivity index (χ2v) is 18.0. The highest BCUT2D eigenvalue weighted by Gasteiger charge is 2.24. The van der Waals surface area contributed by atoms with Crippen LogP contribution in [0.2, 0.25) is 0 Å². The van der Waals surface area contributed by atoms with Gasteiger partial charge < -0.3 is 18.6 Å². The van der Waals surface area contributed by atoms with Crippen molar-refractivity contribution >= 4 is 60.8 Å². The summed E-state index contributed by atoms with van der Waals surface area (Å²) in [6, 6.07) is 86.1. The van der Waals surface area contributed by atoms with Crippen molar-refractivity contribution in [2.45, 2.75) is 6.92 Å². The van der Waals surface area contributed by atoms with Crippen LogP contribution in [0.4, 0.5) is 17.1 Å². The van der Waals surface area contributed by atoms with Gasteiger partial charge in [0.1, 0.15) is 16.9 Å². The third-order valence-corrected chi connectivity index (χ3v) is 13.6. The summed E-state index contributed by atoms with van der Waals surface area (Å²) in [5.41, 5.74) is 17.8. The fourth-order valence-corrected chi connectivity index (χ4v) is 10.2. The lowest BCUT2D eigenvalue weighted by atomic mass is 9.97. The maximum atomic E-state index is 6.91. The van der Waals surface area contributed by atoms with Gasteiger partial charge >= 0.3 is 0 Å². The number of rotatable bonds is 10. The summed E-state index contributed by atoms with van der Waals surface area (Å²) in [4.78, 5) is 6.63. The van der Waals surface area contributed by atoms with Crippen LogP contribution in [0, 0.1) is 6.92 Å². The monoisotopic (exact) mass is 911 g/mol. The Balaban J connectivity index is 1.04. The number of benzene rings is 10. The lowest BCUT2D eigenvalue weighted by Gasteiger charge is -2.28. The Morgan fingerprint density at radius 1 is 0.408 bits per heavy atom. The molecule has 5 heteroatoms. The second-order valence-electron chi connectivity index (χ2n) is 18.0. The van der Waals surface area contributed by atoms with E-state index in [9.17, 15) is 0 Å². The molecule has 0 aliphatic carbocycles. The van der Waals surface area contributed by atoms with Gasteiger partial charge in [0, 0.05) is 56.6 Å². The highest BCUT2D eigenvalue weighted by Crippen LogP contribution is 2.48. The maximum Gasteiger partial charge on any atom is 0.151 e. The van der Waals surface area contributed by atoms with E-state index in [1.165, 1.54) is 16.5 Å². The van der Waals surface area contributed by atoms with E-state index in [-0.39, 0.29) is 0 Å². The smallest absolute Gasteiger partial charge is 0.151 e. The summed E-state index contributed by atoms with van der Waals surface area (Å²) in [7, 11) is 0. The maximum absolute atomic E-state index is 6.91. The number of hydrogen-bond donors (Lipinski definition) is 0. The van der Waals surface area contributed by atoms with Gasteiger partial charge in [0.05, 0.1) is 16.7 Å². The fourth-order valence-electron chi connectivity index (χ4n) is 10.2. The van der Waals surface area contributed by atoms with E-state index in [0.29, 0.717) is 0 Å². The van der Waals surface area contributed by atoms with E-state index in [1.54, 1.807) is 0 Å². The fraction of sp³-hybridized carbons (Fsp3) is 0.0152. The highest BCUT2D eigenvalue weighted by atomic mass is 16.5. The molecule has 336 valence electrons. The number of nitrogens with zero attached hydrogens (tertiary/aromatic N) is 3. The largest absolute Gasteiger partial charge is 0.455 e. The number of aryl methyl sites for hydroxylation is 1. The van der Waals surface area contributed by atoms with Crippen molar-refractivity contribution in [2.75, 3.05) is 4.90 Å². The first-order valence-electron chi connectivity index (χ1n) is 24.0. The van der Waals surface area contributed by atoms with E-state index in [2.05, 4.69) is 234 Å². The van der Waals surface area contributed by atoms with E-state index >= 15 is 0 Å². The number of furan rings is 1. The average molecular weight is 912 g/mol. The molecule has 0 unspecified atom stereocenters. The Kier molecular flexibility index (Phi) is 10.3. The normalized spacial score (nSPS) is 11.5. The minimum Gasteiger partial charge on any atom is -0.455 e. The van der Waals surface area contributed by atoms with Crippen LogP contribution in [-0.2, 0) is 0 Å². The molecule has 5 nitrogen and oxygen atoms in total. The van der Waals surface area contributed by atoms with Gasteiger partial charge in [-0.2, -0.15) is 0 Å². The predicted octanol–water partition coefficient (Wildman–Crippen LogP) is 18.3. The Labute approximate surface area is 411 Å². The topological polar surface area (TPSA) is 43.4 Å². The van der Waals surface area contributed by atoms with Gasteiger partial charge in [-0.3, -0.25) is 4.98 Å². The molecule has 0 aliphatic rings. The minimum absolute atomic E-state index is 0.732. The summed E-state index contributed by atoms with van der Waals surface area (Å²) in [5, 5.41) is 4.39. The van der Waals surface area contributed by atoms with Crippen LogP contribution in [0.1, 0.15) is 5.56 Å². The zero-order valence-corrected chi connectivity index (χ0v) is 38.9. The summed E-state index contributed by atoms with van der Waals surface area (Å²) < 4.78 is 16.2. The Hall–Kier alpha value is -9.45. The van der Waals surface area contributed by atoms with Gasteiger partial charge in [-0.15, -0.1) is 0 Å². The van der Waals surface area contributed by atoms with Crippen molar-refractivity contribution in [1.82, 2.24) is 9.55 Å². The van der Waals surface area contributed by atoms with Crippen molar-refractivity contribution in [3.8, 4) is 61.7 Å². The summed E-state index contributed by atoms with van der Waals surface area (Å²) >= 11 is 0. The first-order chi connectivity index (χ1) is 35.1. The lowest BCUT2D eigenvalue weighted by Crippen LogP contribution is -2.11. The van der Waals surface area contributed by atoms with E-state index < -0.39 is 0 Å². The molecule has 13 rings (SSSR count). The molecule has 0 radical (unpaired) electrons. The number of anilines is 3. The van der Waals surface area contributed by atoms with E-state index in [0.717, 1.165) is 112 Å². The van der Waals surface area contributed by atoms with Gasteiger partial charge in [0.2, 0.25) is 0 Å². The van der Waals surface area contributed by atoms with Crippen LogP contribution < -0.4 is 9.64 Å². The van der Waals surface area contributed by atoms with Crippen LogP contribution in [0.5, 0.6) is 11.5 Å². The SMILES string of the molecule is Cc1ccccc1Oc1ccccc1N(c1cccc(-c2ccncc2)c1)c1cc(-c2ccc3c(c2)c2ccccc2n3-c2cc(-c3ccccc3)cc(-c3ccccc3)c2)c2oc3ccccc3c2c1. The van der Waals surface area contributed by atoms with E-state index in [4.69, 9.17) is 9.15 Å². The van der Waals surface area contributed by atoms with Crippen molar-refractivity contribution < 1.29 is 9.15 Å². The summed E-state index contributed by atoms with van der Waals surface area (Å²) in [6.07, 6.45) is 3.68. The van der Waals surface area contributed by atoms with Gasteiger partial charge in [0.25, 0.3) is 0 Å². The molecule has 3 heterocycles. The first kappa shape index (κ1) is 41.7. The van der Waals surface area contributed by atoms with Crippen LogP contribution in [0.15, 0.2) is 259 Å². The number of aromatic nitrogens is 2. The van der Waals surface area contributed by atoms with Gasteiger partial charge in [0.15, 0.2) is 5.75 Å². The van der Waals surface area contributed by atoms with Gasteiger partial charge in [-0.05, 0) is 148 Å². The van der Waals surface area contributed by atoms with Crippen LogP contribution in [-0.4, -0.2) is 9.55 Å². The van der Waals surface area contributed by atoms with Crippen molar-refractivity contribution in [3.63, 3.8) is 0 Å². The molecule has 0 atom stereocenters. The number of para-hydroxylation sites is 5. The molecule has 0 fully saturated rings. The van der Waals surface area contributed by atoms with Crippen LogP contribution in [0.25, 0.3) is 93.9 Å². The van der Waals surface area contributed by atoms with Gasteiger partial charge in [-0.1, -0.05) is 146 Å². The Morgan fingerprint density at radius 2 is 1.04 bits per heavy atom. The summed E-state index contributed by atoms with van der Waals surface area (Å²) in [6.45, 7) is 2.08. The van der Waals surface area contributed by atoms with Crippen molar-refractivity contribution in [2.24, 2.45) is 0 Å². The molecule has 3 aromatic heterocycles. The third-order valence-electron chi connectivity index (χ3n) is 13.6. The molecule has 13 aromatic rings. The molecule has 0 saturated carbocycles. The third kappa shape index (κ3) is 7.57. The molecular weight excluding hydrogens is 867 g/mol. The molecule has 0 bridgehead atoms. The van der Waals surface area contributed by atoms with E-state index in [1.807, 2.05) is 42.7 Å². The number of pyridine rings is 1. The number of ether oxygens (including phenoxy) is 1. The van der Waals surface area contributed by atoms with Crippen LogP contribution in [0.3, 0.4) is 0 Å². The van der Waals surface area contributed by atoms with Crippen molar-refractivity contribution in [1.29, 1.82) is 0 Å². The summed E-state index contributed by atoms with van der Waals surface area (Å²) in [5.74, 6) is 1.54. The zero-order valence-electron chi connectivity index (χ0n) is 38.9. The molecule has 0 spiro atoms. The van der Waals surface area contributed by atoms with Gasteiger partial charge in [-0.25, -0.2) is 0 Å². The first-order valence-corrected chi connectivity index (χ1v) is 24.0. The molecule has 0 N–H and O–H groups in total. The lowest BCUT2D eigenvalue weighted by molar-refractivity contribution is 0.480. The average Bonchev–Trinajstić information content (AvgIpc) is 3.98. The standard InChI is InChI=1S/C66H45N3O2/c1-44-17-8-13-28-63(44)70-65-30-15-12-27-62(65)68(52-23-16-22-48(38-52)47-33-35-67-36-34-47)54-42-57(66-59(43-54)56-25-10-14-29-64(56)71-66)49-31-32-61-58(41-49)55-24-9-11-26-60(55)69(61)53-39-50(45-18-4-2-5-19-45)37-51(40-53)46-20-6-3-7-21-46/h2-43H,1H3. The molecule has 0 amide bonds. The molecule has 10 aromatic carbocycles. The Bertz CT molecular complexity index is 4040. The molecule has 71 heavy (non-hydrogen) atoms. The predicted molar refractivity (Wildman–Crippen MR) is 294 cm³/mol. The number of hydrogen-bond acceptors (Lipinski definition) is 4. The molecular formula is C66H45N3O2. The minimum atomic E-state index is 0.732. The second kappa shape index (κ2) is 17.6. The molecule has 0 saturated heterocycles. The quantitative estimate of drug-likeness (QED) is 0.137. The van der Waals surface area contributed by atoms with Crippen LogP contribution >= 0.6 is 0 Å². The van der Waals surface area contributed by atoms with Crippen molar-refractivity contribution in [3.05, 3.63) is 261 Å². The zero-order chi connectivity index (χ0) is 47.3. The highest BCUT2D eigenvalue weighted by molar-refractivity contribution is 6.14. The Morgan fingerprint density at radius 3 is 1.82 bits per heavy atom. The number of fused-ring (bicyclic) bond motifs is 6.